The van der Waals surface area contributed by atoms with Gasteiger partial charge in [-0.3, -0.25) is 4.79 Å². The highest BCUT2D eigenvalue weighted by molar-refractivity contribution is 5.80. The van der Waals surface area contributed by atoms with Crippen LogP contribution in [0.25, 0.3) is 0 Å². The fraction of sp³-hybridized carbons (Fsp3) is 0.310. The lowest BCUT2D eigenvalue weighted by Crippen LogP contribution is -2.37. The van der Waals surface area contributed by atoms with Crippen LogP contribution in [0.4, 0.5) is 4.79 Å². The molecule has 0 aromatic heterocycles. The standard InChI is InChI=1S/C29H32N2O3/c1-21(23-10-4-2-5-11-23)31-28(32)27-15-9-8-14-26(27)24-18-16-22(17-19-24)20-30-29(33)34-25-12-6-3-7-13-25/h2-7,10-13,16-19,21,26-27H,8-9,14-15,20H2,1H3,(H,30,33)(H,31,32)/t21-,26+,27?/m0/s1. The van der Waals surface area contributed by atoms with Crippen LogP contribution in [0.5, 0.6) is 5.75 Å². The molecule has 5 heteroatoms. The number of hydrogen-bond acceptors (Lipinski definition) is 3. The molecule has 0 heterocycles. The molecule has 1 aliphatic rings. The lowest BCUT2D eigenvalue weighted by Gasteiger charge is -2.32. The predicted octanol–water partition coefficient (Wildman–Crippen LogP) is 6.13. The molecule has 3 aromatic rings. The lowest BCUT2D eigenvalue weighted by molar-refractivity contribution is -0.127. The zero-order valence-electron chi connectivity index (χ0n) is 19.6. The molecule has 0 radical (unpaired) electrons. The third-order valence-electron chi connectivity index (χ3n) is 6.56. The maximum Gasteiger partial charge on any atom is 0.412 e. The summed E-state index contributed by atoms with van der Waals surface area (Å²) in [5.41, 5.74) is 3.29. The lowest BCUT2D eigenvalue weighted by atomic mass is 9.75. The Morgan fingerprint density at radius 3 is 2.24 bits per heavy atom. The van der Waals surface area contributed by atoms with E-state index in [0.717, 1.165) is 36.8 Å². The van der Waals surface area contributed by atoms with Gasteiger partial charge in [0.05, 0.1) is 6.04 Å². The zero-order chi connectivity index (χ0) is 23.8. The van der Waals surface area contributed by atoms with Crippen molar-refractivity contribution in [3.05, 3.63) is 102 Å². The van der Waals surface area contributed by atoms with E-state index in [9.17, 15) is 9.59 Å². The summed E-state index contributed by atoms with van der Waals surface area (Å²) in [6, 6.07) is 27.3. The summed E-state index contributed by atoms with van der Waals surface area (Å²) in [6.07, 6.45) is 3.66. The molecule has 0 bridgehead atoms. The highest BCUT2D eigenvalue weighted by atomic mass is 16.6. The van der Waals surface area contributed by atoms with Crippen LogP contribution in [-0.4, -0.2) is 12.0 Å². The first-order valence-electron chi connectivity index (χ1n) is 12.0. The summed E-state index contributed by atoms with van der Waals surface area (Å²) in [6.45, 7) is 2.42. The Balaban J connectivity index is 1.34. The number of amides is 2. The van der Waals surface area contributed by atoms with Crippen molar-refractivity contribution >= 4 is 12.0 Å². The van der Waals surface area contributed by atoms with Gasteiger partial charge in [-0.15, -0.1) is 0 Å². The SMILES string of the molecule is C[C@H](NC(=O)C1CCCC[C@@H]1c1ccc(CNC(=O)Oc2ccccc2)cc1)c1ccccc1. The quantitative estimate of drug-likeness (QED) is 0.450. The van der Waals surface area contributed by atoms with E-state index < -0.39 is 6.09 Å². The smallest absolute Gasteiger partial charge is 0.410 e. The first kappa shape index (κ1) is 23.6. The molecule has 1 unspecified atom stereocenters. The first-order chi connectivity index (χ1) is 16.6. The molecule has 0 aliphatic heterocycles. The number of para-hydroxylation sites is 1. The van der Waals surface area contributed by atoms with Crippen LogP contribution in [0.3, 0.4) is 0 Å². The summed E-state index contributed by atoms with van der Waals surface area (Å²) in [4.78, 5) is 25.2. The average molecular weight is 457 g/mol. The van der Waals surface area contributed by atoms with Crippen molar-refractivity contribution in [1.82, 2.24) is 10.6 Å². The molecule has 2 amide bonds. The van der Waals surface area contributed by atoms with Crippen LogP contribution in [0.15, 0.2) is 84.9 Å². The van der Waals surface area contributed by atoms with Crippen molar-refractivity contribution in [2.75, 3.05) is 0 Å². The Morgan fingerprint density at radius 1 is 0.882 bits per heavy atom. The fourth-order valence-corrected chi connectivity index (χ4v) is 4.68. The van der Waals surface area contributed by atoms with Crippen LogP contribution >= 0.6 is 0 Å². The molecule has 2 N–H and O–H groups in total. The summed E-state index contributed by atoms with van der Waals surface area (Å²) in [5, 5.41) is 6.01. The highest BCUT2D eigenvalue weighted by Gasteiger charge is 2.32. The maximum absolute atomic E-state index is 13.2. The van der Waals surface area contributed by atoms with Crippen LogP contribution in [-0.2, 0) is 11.3 Å². The van der Waals surface area contributed by atoms with Gasteiger partial charge < -0.3 is 15.4 Å². The van der Waals surface area contributed by atoms with Gasteiger partial charge in [0, 0.05) is 12.5 Å². The van der Waals surface area contributed by atoms with Crippen molar-refractivity contribution in [1.29, 1.82) is 0 Å². The Bertz CT molecular complexity index is 1070. The Hall–Kier alpha value is -3.60. The Kier molecular flexibility index (Phi) is 7.97. The van der Waals surface area contributed by atoms with E-state index in [1.54, 1.807) is 12.1 Å². The third kappa shape index (κ3) is 6.25. The molecule has 3 aromatic carbocycles. The average Bonchev–Trinajstić information content (AvgIpc) is 2.89. The van der Waals surface area contributed by atoms with E-state index in [4.69, 9.17) is 4.74 Å². The number of benzene rings is 3. The minimum atomic E-state index is -0.480. The minimum Gasteiger partial charge on any atom is -0.410 e. The van der Waals surface area contributed by atoms with Crippen molar-refractivity contribution in [2.45, 2.75) is 51.1 Å². The van der Waals surface area contributed by atoms with E-state index in [1.807, 2.05) is 67.6 Å². The normalized spacial score (nSPS) is 18.5. The number of carbonyl (C=O) groups excluding carboxylic acids is 2. The van der Waals surface area contributed by atoms with E-state index in [1.165, 1.54) is 5.56 Å². The van der Waals surface area contributed by atoms with Gasteiger partial charge in [-0.05, 0) is 54.5 Å². The predicted molar refractivity (Wildman–Crippen MR) is 133 cm³/mol. The molecule has 176 valence electrons. The minimum absolute atomic E-state index is 0.0135. The van der Waals surface area contributed by atoms with Gasteiger partial charge in [-0.2, -0.15) is 0 Å². The monoisotopic (exact) mass is 456 g/mol. The largest absolute Gasteiger partial charge is 0.412 e. The molecule has 0 spiro atoms. The molecule has 3 atom stereocenters. The van der Waals surface area contributed by atoms with Gasteiger partial charge in [-0.25, -0.2) is 4.79 Å². The molecule has 0 saturated heterocycles. The molecule has 4 rings (SSSR count). The summed E-state index contributed by atoms with van der Waals surface area (Å²) < 4.78 is 5.26. The van der Waals surface area contributed by atoms with Crippen molar-refractivity contribution < 1.29 is 14.3 Å². The van der Waals surface area contributed by atoms with Gasteiger partial charge >= 0.3 is 6.09 Å². The molecule has 34 heavy (non-hydrogen) atoms. The van der Waals surface area contributed by atoms with Crippen LogP contribution < -0.4 is 15.4 Å². The van der Waals surface area contributed by atoms with Crippen LogP contribution in [0, 0.1) is 5.92 Å². The molecule has 1 fully saturated rings. The second-order valence-electron chi connectivity index (χ2n) is 8.94. The number of hydrogen-bond donors (Lipinski definition) is 2. The maximum atomic E-state index is 13.2. The molecule has 1 aliphatic carbocycles. The van der Waals surface area contributed by atoms with Crippen LogP contribution in [0.2, 0.25) is 0 Å². The highest BCUT2D eigenvalue weighted by Crippen LogP contribution is 2.38. The van der Waals surface area contributed by atoms with E-state index in [2.05, 4.69) is 22.8 Å². The number of ether oxygens (including phenoxy) is 1. The zero-order valence-corrected chi connectivity index (χ0v) is 19.6. The van der Waals surface area contributed by atoms with Gasteiger partial charge in [0.1, 0.15) is 5.75 Å². The van der Waals surface area contributed by atoms with Gasteiger partial charge in [0.25, 0.3) is 0 Å². The summed E-state index contributed by atoms with van der Waals surface area (Å²) >= 11 is 0. The fourth-order valence-electron chi connectivity index (χ4n) is 4.68. The Labute approximate surface area is 201 Å². The second kappa shape index (κ2) is 11.5. The van der Waals surface area contributed by atoms with Crippen molar-refractivity contribution in [3.63, 3.8) is 0 Å². The Morgan fingerprint density at radius 2 is 1.53 bits per heavy atom. The van der Waals surface area contributed by atoms with Crippen molar-refractivity contribution in [2.24, 2.45) is 5.92 Å². The number of rotatable bonds is 7. The number of carbonyl (C=O) groups is 2. The summed E-state index contributed by atoms with van der Waals surface area (Å²) in [7, 11) is 0. The van der Waals surface area contributed by atoms with E-state index in [0.29, 0.717) is 12.3 Å². The number of nitrogens with one attached hydrogen (secondary N) is 2. The van der Waals surface area contributed by atoms with Gasteiger partial charge in [0.2, 0.25) is 5.91 Å². The molecule has 5 nitrogen and oxygen atoms in total. The molecular weight excluding hydrogens is 424 g/mol. The third-order valence-corrected chi connectivity index (χ3v) is 6.56. The summed E-state index contributed by atoms with van der Waals surface area (Å²) in [5.74, 6) is 0.834. The van der Waals surface area contributed by atoms with Crippen LogP contribution in [0.1, 0.15) is 61.3 Å². The molecular formula is C29H32N2O3. The molecule has 1 saturated carbocycles. The first-order valence-corrected chi connectivity index (χ1v) is 12.0. The topological polar surface area (TPSA) is 67.4 Å². The van der Waals surface area contributed by atoms with Crippen molar-refractivity contribution in [3.8, 4) is 5.75 Å². The van der Waals surface area contributed by atoms with E-state index >= 15 is 0 Å². The van der Waals surface area contributed by atoms with Gasteiger partial charge in [-0.1, -0.05) is 85.6 Å². The van der Waals surface area contributed by atoms with Gasteiger partial charge in [0.15, 0.2) is 0 Å². The second-order valence-corrected chi connectivity index (χ2v) is 8.94. The van der Waals surface area contributed by atoms with E-state index in [-0.39, 0.29) is 23.8 Å².